The van der Waals surface area contributed by atoms with Crippen LogP contribution in [0.4, 0.5) is 11.5 Å². The van der Waals surface area contributed by atoms with Crippen LogP contribution in [0.15, 0.2) is 0 Å². The molecule has 0 atom stereocenters. The SMILES string of the molecule is CCCc1nn(C)c(NCC(C)(C)CN(C)C)c1N. The first-order valence-corrected chi connectivity index (χ1v) is 6.97. The van der Waals surface area contributed by atoms with Crippen LogP contribution in [0.5, 0.6) is 0 Å². The van der Waals surface area contributed by atoms with E-state index in [1.165, 1.54) is 0 Å². The molecule has 110 valence electrons. The number of nitrogens with one attached hydrogen (secondary N) is 1. The smallest absolute Gasteiger partial charge is 0.147 e. The molecule has 0 aromatic carbocycles. The summed E-state index contributed by atoms with van der Waals surface area (Å²) in [7, 11) is 6.13. The lowest BCUT2D eigenvalue weighted by Crippen LogP contribution is -2.34. The van der Waals surface area contributed by atoms with Gasteiger partial charge in [-0.2, -0.15) is 5.10 Å². The van der Waals surface area contributed by atoms with Crippen LogP contribution >= 0.6 is 0 Å². The number of hydrogen-bond donors (Lipinski definition) is 2. The van der Waals surface area contributed by atoms with Gasteiger partial charge in [0.25, 0.3) is 0 Å². The van der Waals surface area contributed by atoms with E-state index in [0.29, 0.717) is 0 Å². The number of rotatable bonds is 7. The van der Waals surface area contributed by atoms with Gasteiger partial charge in [0.05, 0.1) is 11.4 Å². The van der Waals surface area contributed by atoms with Gasteiger partial charge in [-0.05, 0) is 25.9 Å². The molecule has 5 heteroatoms. The zero-order valence-electron chi connectivity index (χ0n) is 13.2. The predicted molar refractivity (Wildman–Crippen MR) is 82.4 cm³/mol. The molecule has 0 amide bonds. The minimum atomic E-state index is 0.186. The molecule has 0 unspecified atom stereocenters. The molecular weight excluding hydrogens is 238 g/mol. The van der Waals surface area contributed by atoms with Gasteiger partial charge in [0.15, 0.2) is 0 Å². The highest BCUT2D eigenvalue weighted by Crippen LogP contribution is 2.25. The average Bonchev–Trinajstić information content (AvgIpc) is 2.51. The second-order valence-electron chi connectivity index (χ2n) is 6.34. The first-order valence-electron chi connectivity index (χ1n) is 6.97. The van der Waals surface area contributed by atoms with E-state index in [1.807, 2.05) is 11.7 Å². The van der Waals surface area contributed by atoms with Gasteiger partial charge in [-0.25, -0.2) is 0 Å². The van der Waals surface area contributed by atoms with Crippen LogP contribution in [0, 0.1) is 5.41 Å². The number of anilines is 2. The second kappa shape index (κ2) is 6.28. The van der Waals surface area contributed by atoms with Crippen molar-refractivity contribution < 1.29 is 0 Å². The Balaban J connectivity index is 2.72. The molecule has 0 saturated heterocycles. The van der Waals surface area contributed by atoms with E-state index in [2.05, 4.69) is 50.2 Å². The summed E-state index contributed by atoms with van der Waals surface area (Å²) < 4.78 is 1.85. The lowest BCUT2D eigenvalue weighted by molar-refractivity contribution is 0.254. The van der Waals surface area contributed by atoms with E-state index < -0.39 is 0 Å². The fraction of sp³-hybridized carbons (Fsp3) is 0.786. The summed E-state index contributed by atoms with van der Waals surface area (Å²) in [6.07, 6.45) is 2.00. The number of hydrogen-bond acceptors (Lipinski definition) is 4. The van der Waals surface area contributed by atoms with Crippen LogP contribution in [-0.2, 0) is 13.5 Å². The van der Waals surface area contributed by atoms with Crippen LogP contribution < -0.4 is 11.1 Å². The minimum Gasteiger partial charge on any atom is -0.394 e. The Hall–Kier alpha value is -1.23. The van der Waals surface area contributed by atoms with E-state index >= 15 is 0 Å². The third kappa shape index (κ3) is 4.42. The fourth-order valence-corrected chi connectivity index (χ4v) is 2.46. The van der Waals surface area contributed by atoms with Crippen molar-refractivity contribution in [2.24, 2.45) is 12.5 Å². The van der Waals surface area contributed by atoms with E-state index in [1.54, 1.807) is 0 Å². The molecule has 0 aliphatic rings. The molecule has 0 spiro atoms. The summed E-state index contributed by atoms with van der Waals surface area (Å²) in [5.41, 5.74) is 8.14. The summed E-state index contributed by atoms with van der Waals surface area (Å²) in [5, 5.41) is 7.93. The average molecular weight is 267 g/mol. The Morgan fingerprint density at radius 1 is 1.37 bits per heavy atom. The molecule has 5 nitrogen and oxygen atoms in total. The highest BCUT2D eigenvalue weighted by molar-refractivity contribution is 5.65. The molecule has 0 aliphatic carbocycles. The Labute approximate surface area is 117 Å². The molecule has 19 heavy (non-hydrogen) atoms. The van der Waals surface area contributed by atoms with Crippen molar-refractivity contribution in [2.45, 2.75) is 33.6 Å². The topological polar surface area (TPSA) is 59.1 Å². The third-order valence-electron chi connectivity index (χ3n) is 3.13. The van der Waals surface area contributed by atoms with Crippen molar-refractivity contribution in [3.63, 3.8) is 0 Å². The predicted octanol–water partition coefficient (Wildman–Crippen LogP) is 1.95. The van der Waals surface area contributed by atoms with E-state index in [-0.39, 0.29) is 5.41 Å². The standard InChI is InChI=1S/C14H29N5/c1-7-8-11-12(15)13(19(6)17-11)16-9-14(2,3)10-18(4)5/h16H,7-10,15H2,1-6H3. The summed E-state index contributed by atoms with van der Waals surface area (Å²) in [6.45, 7) is 8.54. The largest absolute Gasteiger partial charge is 0.394 e. The van der Waals surface area contributed by atoms with Crippen molar-refractivity contribution in [3.05, 3.63) is 5.69 Å². The molecule has 1 rings (SSSR count). The van der Waals surface area contributed by atoms with Crippen LogP contribution in [0.2, 0.25) is 0 Å². The maximum absolute atomic E-state index is 6.16. The van der Waals surface area contributed by atoms with Gasteiger partial charge in [-0.1, -0.05) is 27.2 Å². The van der Waals surface area contributed by atoms with E-state index in [4.69, 9.17) is 5.73 Å². The molecule has 1 aromatic rings. The lowest BCUT2D eigenvalue weighted by Gasteiger charge is -2.28. The normalized spacial score (nSPS) is 12.2. The zero-order chi connectivity index (χ0) is 14.6. The van der Waals surface area contributed by atoms with Crippen LogP contribution in [0.25, 0.3) is 0 Å². The van der Waals surface area contributed by atoms with Crippen LogP contribution in [0.3, 0.4) is 0 Å². The molecule has 0 aliphatic heterocycles. The number of nitrogens with zero attached hydrogens (tertiary/aromatic N) is 3. The Morgan fingerprint density at radius 2 is 2.00 bits per heavy atom. The minimum absolute atomic E-state index is 0.186. The second-order valence-corrected chi connectivity index (χ2v) is 6.34. The number of nitrogens with two attached hydrogens (primary N) is 1. The molecule has 0 saturated carbocycles. The Kier molecular flexibility index (Phi) is 5.23. The summed E-state index contributed by atoms with van der Waals surface area (Å²) in [4.78, 5) is 2.21. The molecule has 1 heterocycles. The quantitative estimate of drug-likeness (QED) is 0.793. The molecule has 1 aromatic heterocycles. The highest BCUT2D eigenvalue weighted by atomic mass is 15.3. The van der Waals surface area contributed by atoms with E-state index in [0.717, 1.165) is 43.1 Å². The van der Waals surface area contributed by atoms with Crippen molar-refractivity contribution in [3.8, 4) is 0 Å². The van der Waals surface area contributed by atoms with Gasteiger partial charge in [0, 0.05) is 20.1 Å². The zero-order valence-corrected chi connectivity index (χ0v) is 13.2. The Bertz CT molecular complexity index is 406. The van der Waals surface area contributed by atoms with Crippen LogP contribution in [-0.4, -0.2) is 41.9 Å². The lowest BCUT2D eigenvalue weighted by atomic mass is 9.93. The molecule has 0 fully saturated rings. The van der Waals surface area contributed by atoms with E-state index in [9.17, 15) is 0 Å². The maximum Gasteiger partial charge on any atom is 0.147 e. The number of nitrogen functional groups attached to an aromatic ring is 1. The van der Waals surface area contributed by atoms with Gasteiger partial charge in [-0.3, -0.25) is 4.68 Å². The van der Waals surface area contributed by atoms with Crippen molar-refractivity contribution in [1.82, 2.24) is 14.7 Å². The van der Waals surface area contributed by atoms with Gasteiger partial charge in [0.2, 0.25) is 0 Å². The number of aryl methyl sites for hydroxylation is 2. The highest BCUT2D eigenvalue weighted by Gasteiger charge is 2.20. The molecular formula is C14H29N5. The van der Waals surface area contributed by atoms with Gasteiger partial charge < -0.3 is 16.0 Å². The van der Waals surface area contributed by atoms with Crippen LogP contribution in [0.1, 0.15) is 32.9 Å². The van der Waals surface area contributed by atoms with Crippen molar-refractivity contribution in [2.75, 3.05) is 38.2 Å². The monoisotopic (exact) mass is 267 g/mol. The summed E-state index contributed by atoms with van der Waals surface area (Å²) in [5.74, 6) is 0.940. The molecule has 0 radical (unpaired) electrons. The first-order chi connectivity index (χ1) is 8.76. The van der Waals surface area contributed by atoms with Crippen molar-refractivity contribution in [1.29, 1.82) is 0 Å². The molecule has 0 bridgehead atoms. The summed E-state index contributed by atoms with van der Waals surface area (Å²) >= 11 is 0. The first kappa shape index (κ1) is 15.8. The molecule has 3 N–H and O–H groups in total. The van der Waals surface area contributed by atoms with Gasteiger partial charge >= 0.3 is 0 Å². The maximum atomic E-state index is 6.16. The third-order valence-corrected chi connectivity index (χ3v) is 3.13. The number of aromatic nitrogens is 2. The fourth-order valence-electron chi connectivity index (χ4n) is 2.46. The van der Waals surface area contributed by atoms with Gasteiger partial charge in [0.1, 0.15) is 5.82 Å². The van der Waals surface area contributed by atoms with Gasteiger partial charge in [-0.15, -0.1) is 0 Å². The Morgan fingerprint density at radius 3 is 2.53 bits per heavy atom. The van der Waals surface area contributed by atoms with Crippen molar-refractivity contribution >= 4 is 11.5 Å². The summed E-state index contributed by atoms with van der Waals surface area (Å²) in [6, 6.07) is 0.